The molecule has 0 bridgehead atoms. The van der Waals surface area contributed by atoms with E-state index in [1.165, 1.54) is 12.8 Å². The molecule has 0 radical (unpaired) electrons. The lowest BCUT2D eigenvalue weighted by Gasteiger charge is -2.28. The fourth-order valence-corrected chi connectivity index (χ4v) is 2.51. The molecule has 1 N–H and O–H groups in total. The van der Waals surface area contributed by atoms with Gasteiger partial charge in [0.2, 0.25) is 0 Å². The van der Waals surface area contributed by atoms with Crippen LogP contribution in [0.1, 0.15) is 26.2 Å². The molecule has 0 aromatic carbocycles. The van der Waals surface area contributed by atoms with E-state index >= 15 is 0 Å². The minimum absolute atomic E-state index is 0.0963. The third-order valence-corrected chi connectivity index (χ3v) is 3.23. The quantitative estimate of drug-likeness (QED) is 0.667. The van der Waals surface area contributed by atoms with E-state index in [4.69, 9.17) is 4.74 Å². The van der Waals surface area contributed by atoms with Gasteiger partial charge in [0.15, 0.2) is 0 Å². The van der Waals surface area contributed by atoms with Crippen LogP contribution in [0.3, 0.4) is 0 Å². The maximum atomic E-state index is 11.3. The van der Waals surface area contributed by atoms with Gasteiger partial charge in [-0.3, -0.25) is 9.69 Å². The van der Waals surface area contributed by atoms with Gasteiger partial charge in [-0.1, -0.05) is 0 Å². The van der Waals surface area contributed by atoms with E-state index in [-0.39, 0.29) is 12.4 Å². The predicted octanol–water partition coefficient (Wildman–Crippen LogP) is 0.327. The summed E-state index contributed by atoms with van der Waals surface area (Å²) in [6.07, 6.45) is 1.82. The number of hydrogen-bond acceptors (Lipinski definition) is 5. The van der Waals surface area contributed by atoms with Crippen molar-refractivity contribution in [2.24, 2.45) is 0 Å². The standard InChI is InChI=1S/C13H26N2O3/c1-4-18-13(17)8-12(16)10-15-7-5-6-11(15)9-14(2)3/h11-12,16H,4-10H2,1-3H3. The molecule has 1 aliphatic heterocycles. The smallest absolute Gasteiger partial charge is 0.308 e. The van der Waals surface area contributed by atoms with Gasteiger partial charge in [-0.25, -0.2) is 0 Å². The van der Waals surface area contributed by atoms with Crippen LogP contribution < -0.4 is 0 Å². The van der Waals surface area contributed by atoms with Gasteiger partial charge in [0, 0.05) is 19.1 Å². The molecule has 0 amide bonds. The Morgan fingerprint density at radius 2 is 2.28 bits per heavy atom. The number of carbonyl (C=O) groups excluding carboxylic acids is 1. The molecule has 1 aliphatic rings. The van der Waals surface area contributed by atoms with Crippen molar-refractivity contribution >= 4 is 5.97 Å². The zero-order chi connectivity index (χ0) is 13.5. The van der Waals surface area contributed by atoms with E-state index in [1.54, 1.807) is 6.92 Å². The third-order valence-electron chi connectivity index (χ3n) is 3.23. The number of aliphatic hydroxyl groups excluding tert-OH is 1. The summed E-state index contributed by atoms with van der Waals surface area (Å²) in [5, 5.41) is 9.90. The summed E-state index contributed by atoms with van der Waals surface area (Å²) < 4.78 is 4.84. The molecule has 1 saturated heterocycles. The summed E-state index contributed by atoms with van der Waals surface area (Å²) in [6, 6.07) is 0.497. The molecule has 2 unspecified atom stereocenters. The van der Waals surface area contributed by atoms with Gasteiger partial charge in [0.1, 0.15) is 0 Å². The Morgan fingerprint density at radius 3 is 2.89 bits per heavy atom. The average molecular weight is 258 g/mol. The number of likely N-dealkylation sites (N-methyl/N-ethyl adjacent to an activating group) is 1. The van der Waals surface area contributed by atoms with Gasteiger partial charge in [0.25, 0.3) is 0 Å². The Balaban J connectivity index is 2.33. The second kappa shape index (κ2) is 7.71. The number of carbonyl (C=O) groups is 1. The van der Waals surface area contributed by atoms with Crippen LogP contribution in [-0.2, 0) is 9.53 Å². The lowest BCUT2D eigenvalue weighted by Crippen LogP contribution is -2.42. The summed E-state index contributed by atoms with van der Waals surface area (Å²) in [6.45, 7) is 4.73. The topological polar surface area (TPSA) is 53.0 Å². The molecule has 1 heterocycles. The number of β-amino-alcohol motifs (C(OH)–C–C–N with tert-alkyl or cyclic N) is 1. The first-order chi connectivity index (χ1) is 8.52. The minimum atomic E-state index is -0.619. The largest absolute Gasteiger partial charge is 0.466 e. The molecule has 18 heavy (non-hydrogen) atoms. The van der Waals surface area contributed by atoms with E-state index in [2.05, 4.69) is 23.9 Å². The van der Waals surface area contributed by atoms with Crippen LogP contribution in [0.15, 0.2) is 0 Å². The van der Waals surface area contributed by atoms with Crippen LogP contribution in [0.5, 0.6) is 0 Å². The molecular formula is C13H26N2O3. The van der Waals surface area contributed by atoms with Crippen molar-refractivity contribution in [3.8, 4) is 0 Å². The van der Waals surface area contributed by atoms with Crippen LogP contribution >= 0.6 is 0 Å². The lowest BCUT2D eigenvalue weighted by atomic mass is 10.2. The lowest BCUT2D eigenvalue weighted by molar-refractivity contribution is -0.145. The molecule has 0 saturated carbocycles. The molecule has 0 spiro atoms. The van der Waals surface area contributed by atoms with Crippen LogP contribution in [0, 0.1) is 0 Å². The zero-order valence-corrected chi connectivity index (χ0v) is 11.8. The molecule has 5 heteroatoms. The highest BCUT2D eigenvalue weighted by atomic mass is 16.5. The molecule has 0 aromatic heterocycles. The van der Waals surface area contributed by atoms with Crippen molar-refractivity contribution in [2.75, 3.05) is 40.3 Å². The third kappa shape index (κ3) is 5.33. The summed E-state index contributed by atoms with van der Waals surface area (Å²) in [4.78, 5) is 15.7. The van der Waals surface area contributed by atoms with Crippen molar-refractivity contribution < 1.29 is 14.6 Å². The van der Waals surface area contributed by atoms with Gasteiger partial charge in [-0.05, 0) is 40.4 Å². The number of ether oxygens (including phenoxy) is 1. The van der Waals surface area contributed by atoms with Crippen LogP contribution in [-0.4, -0.2) is 73.4 Å². The van der Waals surface area contributed by atoms with Crippen LogP contribution in [0.4, 0.5) is 0 Å². The normalized spacial score (nSPS) is 22.4. The van der Waals surface area contributed by atoms with Crippen LogP contribution in [0.2, 0.25) is 0 Å². The number of hydrogen-bond donors (Lipinski definition) is 1. The SMILES string of the molecule is CCOC(=O)CC(O)CN1CCCC1CN(C)C. The molecule has 1 fully saturated rings. The van der Waals surface area contributed by atoms with Gasteiger partial charge in [-0.2, -0.15) is 0 Å². The van der Waals surface area contributed by atoms with E-state index in [0.717, 1.165) is 13.1 Å². The van der Waals surface area contributed by atoms with E-state index < -0.39 is 6.10 Å². The Bertz CT molecular complexity index is 259. The maximum absolute atomic E-state index is 11.3. The Labute approximate surface area is 110 Å². The van der Waals surface area contributed by atoms with Crippen molar-refractivity contribution in [1.29, 1.82) is 0 Å². The fourth-order valence-electron chi connectivity index (χ4n) is 2.51. The fraction of sp³-hybridized carbons (Fsp3) is 0.923. The molecule has 5 nitrogen and oxygen atoms in total. The Hall–Kier alpha value is -0.650. The van der Waals surface area contributed by atoms with Crippen molar-refractivity contribution in [1.82, 2.24) is 9.80 Å². The maximum Gasteiger partial charge on any atom is 0.308 e. The Kier molecular flexibility index (Phi) is 6.60. The second-order valence-corrected chi connectivity index (χ2v) is 5.22. The summed E-state index contributed by atoms with van der Waals surface area (Å²) in [7, 11) is 4.12. The van der Waals surface area contributed by atoms with Crippen LogP contribution in [0.25, 0.3) is 0 Å². The first kappa shape index (κ1) is 15.4. The molecule has 2 atom stereocenters. The van der Waals surface area contributed by atoms with Gasteiger partial charge >= 0.3 is 5.97 Å². The number of nitrogens with zero attached hydrogens (tertiary/aromatic N) is 2. The van der Waals surface area contributed by atoms with Gasteiger partial charge < -0.3 is 14.7 Å². The highest BCUT2D eigenvalue weighted by Gasteiger charge is 2.27. The number of rotatable bonds is 7. The summed E-state index contributed by atoms with van der Waals surface area (Å²) >= 11 is 0. The van der Waals surface area contributed by atoms with Crippen molar-refractivity contribution in [3.63, 3.8) is 0 Å². The first-order valence-electron chi connectivity index (χ1n) is 6.75. The van der Waals surface area contributed by atoms with E-state index in [1.807, 2.05) is 0 Å². The highest BCUT2D eigenvalue weighted by Crippen LogP contribution is 2.18. The number of esters is 1. The predicted molar refractivity (Wildman–Crippen MR) is 70.4 cm³/mol. The van der Waals surface area contributed by atoms with E-state index in [9.17, 15) is 9.90 Å². The highest BCUT2D eigenvalue weighted by molar-refractivity contribution is 5.69. The molecule has 106 valence electrons. The average Bonchev–Trinajstić information content (AvgIpc) is 2.64. The zero-order valence-electron chi connectivity index (χ0n) is 11.8. The molecule has 1 rings (SSSR count). The van der Waals surface area contributed by atoms with Crippen molar-refractivity contribution in [2.45, 2.75) is 38.3 Å². The first-order valence-corrected chi connectivity index (χ1v) is 6.75. The van der Waals surface area contributed by atoms with Gasteiger partial charge in [-0.15, -0.1) is 0 Å². The summed E-state index contributed by atoms with van der Waals surface area (Å²) in [5.74, 6) is -0.312. The van der Waals surface area contributed by atoms with Gasteiger partial charge in [0.05, 0.1) is 19.1 Å². The van der Waals surface area contributed by atoms with E-state index in [0.29, 0.717) is 19.2 Å². The molecule has 0 aromatic rings. The Morgan fingerprint density at radius 1 is 1.56 bits per heavy atom. The number of aliphatic hydroxyl groups is 1. The van der Waals surface area contributed by atoms with Crippen molar-refractivity contribution in [3.05, 3.63) is 0 Å². The second-order valence-electron chi connectivity index (χ2n) is 5.22. The minimum Gasteiger partial charge on any atom is -0.466 e. The molecule has 0 aliphatic carbocycles. The molecular weight excluding hydrogens is 232 g/mol. The number of likely N-dealkylation sites (tertiary alicyclic amines) is 1. The summed E-state index contributed by atoms with van der Waals surface area (Å²) in [5.41, 5.74) is 0. The monoisotopic (exact) mass is 258 g/mol.